The number of thiazole rings is 1. The minimum Gasteiger partial charge on any atom is -0.467 e. The standard InChI is InChI=1S/C9H14N2O2S/c1-4-11-9(2,8(12)13-3)7-10-5-6-14-7/h5-6,11H,4H2,1-3H3. The molecule has 0 fully saturated rings. The lowest BCUT2D eigenvalue weighted by Gasteiger charge is -2.24. The van der Waals surface area contributed by atoms with Crippen LogP contribution in [0.2, 0.25) is 0 Å². The summed E-state index contributed by atoms with van der Waals surface area (Å²) in [7, 11) is 1.38. The molecule has 1 aromatic heterocycles. The van der Waals surface area contributed by atoms with Gasteiger partial charge in [-0.1, -0.05) is 6.92 Å². The summed E-state index contributed by atoms with van der Waals surface area (Å²) in [6.07, 6.45) is 1.68. The van der Waals surface area contributed by atoms with Crippen LogP contribution in [0.15, 0.2) is 11.6 Å². The number of ether oxygens (including phenoxy) is 1. The summed E-state index contributed by atoms with van der Waals surface area (Å²) in [5, 5.41) is 5.65. The Labute approximate surface area is 87.3 Å². The van der Waals surface area contributed by atoms with Gasteiger partial charge >= 0.3 is 5.97 Å². The Hall–Kier alpha value is -0.940. The quantitative estimate of drug-likeness (QED) is 0.764. The molecule has 0 bridgehead atoms. The van der Waals surface area contributed by atoms with Gasteiger partial charge in [-0.05, 0) is 13.5 Å². The fourth-order valence-corrected chi connectivity index (χ4v) is 2.03. The third-order valence-corrected chi connectivity index (χ3v) is 2.98. The van der Waals surface area contributed by atoms with Crippen molar-refractivity contribution in [2.24, 2.45) is 0 Å². The number of nitrogens with one attached hydrogen (secondary N) is 1. The second-order valence-electron chi connectivity index (χ2n) is 2.98. The van der Waals surface area contributed by atoms with Crippen LogP contribution >= 0.6 is 11.3 Å². The van der Waals surface area contributed by atoms with Crippen molar-refractivity contribution in [2.45, 2.75) is 19.4 Å². The fourth-order valence-electron chi connectivity index (χ4n) is 1.26. The summed E-state index contributed by atoms with van der Waals surface area (Å²) >= 11 is 1.44. The van der Waals surface area contributed by atoms with E-state index in [0.717, 1.165) is 5.01 Å². The fraction of sp³-hybridized carbons (Fsp3) is 0.556. The highest BCUT2D eigenvalue weighted by atomic mass is 32.1. The maximum absolute atomic E-state index is 11.6. The Morgan fingerprint density at radius 1 is 1.79 bits per heavy atom. The summed E-state index contributed by atoms with van der Waals surface area (Å²) in [4.78, 5) is 15.7. The van der Waals surface area contributed by atoms with Gasteiger partial charge < -0.3 is 4.74 Å². The van der Waals surface area contributed by atoms with Crippen molar-refractivity contribution in [3.8, 4) is 0 Å². The Balaban J connectivity index is 2.98. The Morgan fingerprint density at radius 2 is 2.50 bits per heavy atom. The van der Waals surface area contributed by atoms with E-state index < -0.39 is 5.54 Å². The van der Waals surface area contributed by atoms with Crippen LogP contribution in [0.3, 0.4) is 0 Å². The van der Waals surface area contributed by atoms with Gasteiger partial charge in [0, 0.05) is 11.6 Å². The highest BCUT2D eigenvalue weighted by Crippen LogP contribution is 2.23. The summed E-state index contributed by atoms with van der Waals surface area (Å²) < 4.78 is 4.76. The van der Waals surface area contributed by atoms with Crippen LogP contribution in [0.4, 0.5) is 0 Å². The molecule has 0 aliphatic rings. The lowest BCUT2D eigenvalue weighted by Crippen LogP contribution is -2.47. The SMILES string of the molecule is CCNC(C)(C(=O)OC)c1nccs1. The van der Waals surface area contributed by atoms with E-state index in [1.54, 1.807) is 13.1 Å². The Bertz CT molecular complexity index is 300. The van der Waals surface area contributed by atoms with Gasteiger partial charge in [-0.2, -0.15) is 0 Å². The molecule has 1 rings (SSSR count). The van der Waals surface area contributed by atoms with Gasteiger partial charge in [-0.3, -0.25) is 5.32 Å². The molecule has 1 N–H and O–H groups in total. The normalized spacial score (nSPS) is 14.8. The number of hydrogen-bond acceptors (Lipinski definition) is 5. The Morgan fingerprint density at radius 3 is 2.93 bits per heavy atom. The van der Waals surface area contributed by atoms with Crippen molar-refractivity contribution in [3.63, 3.8) is 0 Å². The Kier molecular flexibility index (Phi) is 3.60. The smallest absolute Gasteiger partial charge is 0.332 e. The lowest BCUT2D eigenvalue weighted by atomic mass is 10.0. The second-order valence-corrected chi connectivity index (χ2v) is 3.88. The first-order valence-corrected chi connectivity index (χ1v) is 5.26. The summed E-state index contributed by atoms with van der Waals surface area (Å²) in [6, 6.07) is 0. The molecule has 1 aromatic rings. The molecule has 0 amide bonds. The van der Waals surface area contributed by atoms with Crippen LogP contribution in [0, 0.1) is 0 Å². The van der Waals surface area contributed by atoms with E-state index in [0.29, 0.717) is 6.54 Å². The molecule has 0 aliphatic carbocycles. The van der Waals surface area contributed by atoms with E-state index in [-0.39, 0.29) is 5.97 Å². The molecule has 0 saturated heterocycles. The summed E-state index contributed by atoms with van der Waals surface area (Å²) in [6.45, 7) is 4.40. The first kappa shape index (κ1) is 11.1. The molecule has 5 heteroatoms. The number of likely N-dealkylation sites (N-methyl/N-ethyl adjacent to an activating group) is 1. The number of aromatic nitrogens is 1. The highest BCUT2D eigenvalue weighted by molar-refractivity contribution is 7.09. The number of hydrogen-bond donors (Lipinski definition) is 1. The molecule has 0 spiro atoms. The molecule has 0 aromatic carbocycles. The average molecular weight is 214 g/mol. The molecule has 1 unspecified atom stereocenters. The summed E-state index contributed by atoms with van der Waals surface area (Å²) in [5.74, 6) is -0.311. The predicted molar refractivity (Wildman–Crippen MR) is 55.2 cm³/mol. The minimum absolute atomic E-state index is 0.311. The van der Waals surface area contributed by atoms with E-state index in [4.69, 9.17) is 4.74 Å². The van der Waals surface area contributed by atoms with Crippen molar-refractivity contribution in [3.05, 3.63) is 16.6 Å². The van der Waals surface area contributed by atoms with Crippen LogP contribution in [0.1, 0.15) is 18.9 Å². The zero-order chi connectivity index (χ0) is 10.6. The van der Waals surface area contributed by atoms with Crippen molar-refractivity contribution in [1.82, 2.24) is 10.3 Å². The van der Waals surface area contributed by atoms with Gasteiger partial charge in [0.25, 0.3) is 0 Å². The van der Waals surface area contributed by atoms with Crippen molar-refractivity contribution >= 4 is 17.3 Å². The first-order chi connectivity index (χ1) is 6.65. The molecule has 0 radical (unpaired) electrons. The van der Waals surface area contributed by atoms with Crippen LogP contribution in [-0.4, -0.2) is 24.6 Å². The highest BCUT2D eigenvalue weighted by Gasteiger charge is 2.37. The number of methoxy groups -OCH3 is 1. The molecule has 1 atom stereocenters. The number of esters is 1. The zero-order valence-electron chi connectivity index (χ0n) is 8.53. The van der Waals surface area contributed by atoms with Crippen molar-refractivity contribution < 1.29 is 9.53 Å². The van der Waals surface area contributed by atoms with Crippen LogP contribution < -0.4 is 5.32 Å². The molecular weight excluding hydrogens is 200 g/mol. The lowest BCUT2D eigenvalue weighted by molar-refractivity contribution is -0.148. The molecule has 4 nitrogen and oxygen atoms in total. The molecular formula is C9H14N2O2S. The van der Waals surface area contributed by atoms with Gasteiger partial charge in [0.15, 0.2) is 5.54 Å². The van der Waals surface area contributed by atoms with E-state index >= 15 is 0 Å². The van der Waals surface area contributed by atoms with Gasteiger partial charge in [0.2, 0.25) is 0 Å². The molecule has 0 saturated carbocycles. The van der Waals surface area contributed by atoms with Gasteiger partial charge in [0.1, 0.15) is 5.01 Å². The third kappa shape index (κ3) is 1.93. The second kappa shape index (κ2) is 4.52. The first-order valence-electron chi connectivity index (χ1n) is 4.38. The van der Waals surface area contributed by atoms with E-state index in [2.05, 4.69) is 10.3 Å². The molecule has 1 heterocycles. The molecule has 14 heavy (non-hydrogen) atoms. The van der Waals surface area contributed by atoms with E-state index in [9.17, 15) is 4.79 Å². The summed E-state index contributed by atoms with van der Waals surface area (Å²) in [5.41, 5.74) is -0.822. The van der Waals surface area contributed by atoms with Gasteiger partial charge in [-0.15, -0.1) is 11.3 Å². The maximum Gasteiger partial charge on any atom is 0.332 e. The van der Waals surface area contributed by atoms with Crippen LogP contribution in [0.25, 0.3) is 0 Å². The number of rotatable bonds is 4. The monoisotopic (exact) mass is 214 g/mol. The van der Waals surface area contributed by atoms with E-state index in [1.807, 2.05) is 12.3 Å². The van der Waals surface area contributed by atoms with Crippen molar-refractivity contribution in [2.75, 3.05) is 13.7 Å². The van der Waals surface area contributed by atoms with Crippen molar-refractivity contribution in [1.29, 1.82) is 0 Å². The number of carbonyl (C=O) groups is 1. The van der Waals surface area contributed by atoms with Gasteiger partial charge in [0.05, 0.1) is 7.11 Å². The van der Waals surface area contributed by atoms with Crippen LogP contribution in [0.5, 0.6) is 0 Å². The van der Waals surface area contributed by atoms with Crippen LogP contribution in [-0.2, 0) is 15.1 Å². The number of nitrogens with zero attached hydrogens (tertiary/aromatic N) is 1. The average Bonchev–Trinajstić information content (AvgIpc) is 2.70. The molecule has 78 valence electrons. The van der Waals surface area contributed by atoms with Gasteiger partial charge in [-0.25, -0.2) is 9.78 Å². The zero-order valence-corrected chi connectivity index (χ0v) is 9.35. The third-order valence-electron chi connectivity index (χ3n) is 1.98. The predicted octanol–water partition coefficient (Wildman–Crippen LogP) is 1.14. The molecule has 0 aliphatic heterocycles. The van der Waals surface area contributed by atoms with E-state index in [1.165, 1.54) is 18.4 Å². The topological polar surface area (TPSA) is 51.2 Å². The maximum atomic E-state index is 11.6. The minimum atomic E-state index is -0.822. The largest absolute Gasteiger partial charge is 0.467 e. The number of carbonyl (C=O) groups excluding carboxylic acids is 1.